The van der Waals surface area contributed by atoms with Gasteiger partial charge in [0.2, 0.25) is 0 Å². The molecule has 0 fully saturated rings. The number of benzene rings is 2. The van der Waals surface area contributed by atoms with E-state index in [9.17, 15) is 8.78 Å². The molecule has 1 aliphatic carbocycles. The minimum atomic E-state index is -0.573. The molecule has 4 heteroatoms. The van der Waals surface area contributed by atoms with E-state index < -0.39 is 11.6 Å². The van der Waals surface area contributed by atoms with Crippen LogP contribution < -0.4 is 10.1 Å². The Labute approximate surface area is 116 Å². The number of methoxy groups -OCH3 is 1. The van der Waals surface area contributed by atoms with Crippen molar-refractivity contribution in [3.63, 3.8) is 0 Å². The number of anilines is 1. The Hall–Kier alpha value is -2.10. The molecule has 0 spiro atoms. The SMILES string of the molecule is COc1ccc2c(c1)C(Nc1cc(F)cc(F)c1)CC2. The average molecular weight is 275 g/mol. The molecular weight excluding hydrogens is 260 g/mol. The van der Waals surface area contributed by atoms with E-state index in [1.54, 1.807) is 7.11 Å². The molecule has 0 radical (unpaired) electrons. The molecule has 1 N–H and O–H groups in total. The van der Waals surface area contributed by atoms with Crippen LogP contribution in [0.4, 0.5) is 14.5 Å². The lowest BCUT2D eigenvalue weighted by Gasteiger charge is -2.16. The lowest BCUT2D eigenvalue weighted by Crippen LogP contribution is -2.07. The van der Waals surface area contributed by atoms with E-state index in [2.05, 4.69) is 5.32 Å². The maximum atomic E-state index is 13.2. The number of nitrogens with one attached hydrogen (secondary N) is 1. The van der Waals surface area contributed by atoms with Crippen LogP contribution in [0.1, 0.15) is 23.6 Å². The summed E-state index contributed by atoms with van der Waals surface area (Å²) in [6, 6.07) is 9.50. The molecule has 0 saturated carbocycles. The molecule has 2 aromatic rings. The Morgan fingerprint density at radius 1 is 1.10 bits per heavy atom. The summed E-state index contributed by atoms with van der Waals surface area (Å²) >= 11 is 0. The third-order valence-corrected chi connectivity index (χ3v) is 3.63. The number of halogens is 2. The second-order valence-corrected chi connectivity index (χ2v) is 4.96. The Morgan fingerprint density at radius 2 is 1.85 bits per heavy atom. The second-order valence-electron chi connectivity index (χ2n) is 4.96. The van der Waals surface area contributed by atoms with Crippen molar-refractivity contribution >= 4 is 5.69 Å². The minimum absolute atomic E-state index is 0.0568. The summed E-state index contributed by atoms with van der Waals surface area (Å²) in [5.74, 6) is -0.351. The molecule has 0 heterocycles. The zero-order valence-corrected chi connectivity index (χ0v) is 11.1. The summed E-state index contributed by atoms with van der Waals surface area (Å²) in [7, 11) is 1.63. The first-order valence-electron chi connectivity index (χ1n) is 6.55. The number of fused-ring (bicyclic) bond motifs is 1. The van der Waals surface area contributed by atoms with Gasteiger partial charge in [-0.25, -0.2) is 8.78 Å². The van der Waals surface area contributed by atoms with Crippen LogP contribution >= 0.6 is 0 Å². The standard InChI is InChI=1S/C16H15F2NO/c1-20-14-4-2-10-3-5-16(15(10)9-14)19-13-7-11(17)6-12(18)8-13/h2,4,6-9,16,19H,3,5H2,1H3. The third-order valence-electron chi connectivity index (χ3n) is 3.63. The topological polar surface area (TPSA) is 21.3 Å². The van der Waals surface area contributed by atoms with E-state index in [0.717, 1.165) is 30.2 Å². The van der Waals surface area contributed by atoms with Crippen molar-refractivity contribution in [3.05, 3.63) is 59.2 Å². The lowest BCUT2D eigenvalue weighted by atomic mass is 10.1. The normalized spacial score (nSPS) is 16.9. The maximum Gasteiger partial charge on any atom is 0.128 e. The minimum Gasteiger partial charge on any atom is -0.497 e. The van der Waals surface area contributed by atoms with Gasteiger partial charge in [-0.3, -0.25) is 0 Å². The third kappa shape index (κ3) is 2.46. The van der Waals surface area contributed by atoms with Crippen molar-refractivity contribution < 1.29 is 13.5 Å². The largest absolute Gasteiger partial charge is 0.497 e. The Kier molecular flexibility index (Phi) is 3.30. The van der Waals surface area contributed by atoms with E-state index in [4.69, 9.17) is 4.74 Å². The van der Waals surface area contributed by atoms with Crippen LogP contribution in [0.5, 0.6) is 5.75 Å². The van der Waals surface area contributed by atoms with Crippen LogP contribution in [0.25, 0.3) is 0 Å². The molecule has 0 bridgehead atoms. The van der Waals surface area contributed by atoms with E-state index in [-0.39, 0.29) is 6.04 Å². The fourth-order valence-corrected chi connectivity index (χ4v) is 2.70. The van der Waals surface area contributed by atoms with Gasteiger partial charge in [0.25, 0.3) is 0 Å². The van der Waals surface area contributed by atoms with Crippen LogP contribution in [0.3, 0.4) is 0 Å². The smallest absolute Gasteiger partial charge is 0.128 e. The van der Waals surface area contributed by atoms with E-state index in [1.165, 1.54) is 17.7 Å². The van der Waals surface area contributed by atoms with E-state index >= 15 is 0 Å². The molecular formula is C16H15F2NO. The molecule has 2 nitrogen and oxygen atoms in total. The van der Waals surface area contributed by atoms with Gasteiger partial charge in [-0.15, -0.1) is 0 Å². The molecule has 0 amide bonds. The van der Waals surface area contributed by atoms with Gasteiger partial charge < -0.3 is 10.1 Å². The molecule has 104 valence electrons. The average Bonchev–Trinajstić information content (AvgIpc) is 2.80. The maximum absolute atomic E-state index is 13.2. The van der Waals surface area contributed by atoms with Crippen molar-refractivity contribution in [2.24, 2.45) is 0 Å². The predicted molar refractivity (Wildman–Crippen MR) is 74.0 cm³/mol. The van der Waals surface area contributed by atoms with Gasteiger partial charge in [-0.2, -0.15) is 0 Å². The second kappa shape index (κ2) is 5.12. The molecule has 2 aromatic carbocycles. The number of hydrogen-bond acceptors (Lipinski definition) is 2. The zero-order valence-electron chi connectivity index (χ0n) is 11.1. The van der Waals surface area contributed by atoms with Gasteiger partial charge in [-0.05, 0) is 48.2 Å². The van der Waals surface area contributed by atoms with Crippen molar-refractivity contribution in [1.82, 2.24) is 0 Å². The van der Waals surface area contributed by atoms with Crippen LogP contribution in [0.15, 0.2) is 36.4 Å². The number of hydrogen-bond donors (Lipinski definition) is 1. The Morgan fingerprint density at radius 3 is 2.55 bits per heavy atom. The molecule has 0 aliphatic heterocycles. The van der Waals surface area contributed by atoms with Crippen LogP contribution in [-0.4, -0.2) is 7.11 Å². The number of ether oxygens (including phenoxy) is 1. The first-order valence-corrected chi connectivity index (χ1v) is 6.55. The van der Waals surface area contributed by atoms with Gasteiger partial charge in [0.1, 0.15) is 17.4 Å². The van der Waals surface area contributed by atoms with Gasteiger partial charge in [0.15, 0.2) is 0 Å². The fraction of sp³-hybridized carbons (Fsp3) is 0.250. The van der Waals surface area contributed by atoms with Gasteiger partial charge in [0.05, 0.1) is 13.2 Å². The van der Waals surface area contributed by atoms with Crippen LogP contribution in [0, 0.1) is 11.6 Å². The predicted octanol–water partition coefficient (Wildman–Crippen LogP) is 4.07. The van der Waals surface area contributed by atoms with Gasteiger partial charge in [-0.1, -0.05) is 6.07 Å². The summed E-state index contributed by atoms with van der Waals surface area (Å²) in [6.45, 7) is 0. The summed E-state index contributed by atoms with van der Waals surface area (Å²) < 4.78 is 31.7. The van der Waals surface area contributed by atoms with Gasteiger partial charge in [0, 0.05) is 11.8 Å². The summed E-state index contributed by atoms with van der Waals surface area (Å²) in [5, 5.41) is 3.19. The highest BCUT2D eigenvalue weighted by Gasteiger charge is 2.23. The zero-order chi connectivity index (χ0) is 14.1. The molecule has 1 aliphatic rings. The number of rotatable bonds is 3. The molecule has 3 rings (SSSR count). The van der Waals surface area contributed by atoms with E-state index in [1.807, 2.05) is 18.2 Å². The molecule has 0 saturated heterocycles. The lowest BCUT2D eigenvalue weighted by molar-refractivity contribution is 0.414. The van der Waals surface area contributed by atoms with Crippen molar-refractivity contribution in [1.29, 1.82) is 0 Å². The monoisotopic (exact) mass is 275 g/mol. The fourth-order valence-electron chi connectivity index (χ4n) is 2.70. The highest BCUT2D eigenvalue weighted by Crippen LogP contribution is 2.36. The summed E-state index contributed by atoms with van der Waals surface area (Å²) in [4.78, 5) is 0. The van der Waals surface area contributed by atoms with Crippen molar-refractivity contribution in [2.45, 2.75) is 18.9 Å². The summed E-state index contributed by atoms with van der Waals surface area (Å²) in [6.07, 6.45) is 1.86. The van der Waals surface area contributed by atoms with Crippen molar-refractivity contribution in [3.8, 4) is 5.75 Å². The van der Waals surface area contributed by atoms with Gasteiger partial charge >= 0.3 is 0 Å². The molecule has 1 atom stereocenters. The highest BCUT2D eigenvalue weighted by atomic mass is 19.1. The number of aryl methyl sites for hydroxylation is 1. The van der Waals surface area contributed by atoms with E-state index in [0.29, 0.717) is 5.69 Å². The quantitative estimate of drug-likeness (QED) is 0.911. The summed E-state index contributed by atoms with van der Waals surface area (Å²) in [5.41, 5.74) is 2.84. The van der Waals surface area contributed by atoms with Crippen LogP contribution in [-0.2, 0) is 6.42 Å². The first-order chi connectivity index (χ1) is 9.65. The molecule has 0 aromatic heterocycles. The molecule has 1 unspecified atom stereocenters. The highest BCUT2D eigenvalue weighted by molar-refractivity contribution is 5.50. The Bertz CT molecular complexity index is 622. The Balaban J connectivity index is 1.87. The van der Waals surface area contributed by atoms with Crippen molar-refractivity contribution in [2.75, 3.05) is 12.4 Å². The van der Waals surface area contributed by atoms with Crippen LogP contribution in [0.2, 0.25) is 0 Å². The first kappa shape index (κ1) is 12.9. The molecule has 20 heavy (non-hydrogen) atoms.